The Morgan fingerprint density at radius 3 is 1.26 bits per heavy atom. The van der Waals surface area contributed by atoms with Gasteiger partial charge in [-0.25, -0.2) is 0 Å². The number of carbonyl (C=O) groups excluding carboxylic acids is 1. The minimum absolute atomic E-state index is 0.0178. The van der Waals surface area contributed by atoms with E-state index in [0.717, 1.165) is 17.5 Å². The van der Waals surface area contributed by atoms with Gasteiger partial charge in [0.1, 0.15) is 5.75 Å². The highest BCUT2D eigenvalue weighted by Gasteiger charge is 2.25. The average Bonchev–Trinajstić information content (AvgIpc) is 2.81. The van der Waals surface area contributed by atoms with Gasteiger partial charge in [-0.15, -0.1) is 0 Å². The molecule has 222 valence electrons. The van der Waals surface area contributed by atoms with Crippen LogP contribution in [0.5, 0.6) is 5.75 Å². The lowest BCUT2D eigenvalue weighted by molar-refractivity contribution is -0.141. The normalized spacial score (nSPS) is 11.7. The first-order valence-electron chi connectivity index (χ1n) is 15.8. The van der Waals surface area contributed by atoms with Crippen molar-refractivity contribution in [3.05, 3.63) is 28.8 Å². The third-order valence-corrected chi connectivity index (χ3v) is 7.17. The van der Waals surface area contributed by atoms with Crippen molar-refractivity contribution in [3.63, 3.8) is 0 Å². The molecule has 0 fully saturated rings. The van der Waals surface area contributed by atoms with Gasteiger partial charge in [0.05, 0.1) is 6.61 Å². The van der Waals surface area contributed by atoms with Crippen LogP contribution in [0.25, 0.3) is 0 Å². The maximum absolute atomic E-state index is 10.6. The second-order valence-electron chi connectivity index (χ2n) is 13.4. The van der Waals surface area contributed by atoms with Crippen LogP contribution in [0.2, 0.25) is 0 Å². The quantitative estimate of drug-likeness (QED) is 0.160. The van der Waals surface area contributed by atoms with Crippen LogP contribution in [0.4, 0.5) is 0 Å². The summed E-state index contributed by atoms with van der Waals surface area (Å²) in [4.78, 5) is 10.6. The predicted molar refractivity (Wildman–Crippen MR) is 166 cm³/mol. The van der Waals surface area contributed by atoms with E-state index in [1.165, 1.54) is 109 Å². The van der Waals surface area contributed by atoms with Crippen molar-refractivity contribution in [1.82, 2.24) is 0 Å². The molecule has 1 aromatic carbocycles. The van der Waals surface area contributed by atoms with E-state index < -0.39 is 0 Å². The first kappa shape index (κ1) is 36.5. The highest BCUT2D eigenvalue weighted by atomic mass is 16.5. The fourth-order valence-corrected chi connectivity index (χ4v) is 4.79. The number of aromatic hydroxyl groups is 1. The van der Waals surface area contributed by atoms with Gasteiger partial charge < -0.3 is 9.84 Å². The zero-order valence-electron chi connectivity index (χ0n) is 26.9. The number of benzene rings is 1. The number of phenols is 1. The number of ether oxygens (including phenoxy) is 1. The van der Waals surface area contributed by atoms with Crippen molar-refractivity contribution in [1.29, 1.82) is 0 Å². The Kier molecular flexibility index (Phi) is 19.6. The summed E-state index contributed by atoms with van der Waals surface area (Å²) in [6.07, 6.45) is 22.0. The third-order valence-electron chi connectivity index (χ3n) is 7.17. The predicted octanol–water partition coefficient (Wildman–Crippen LogP) is 11.1. The molecular formula is C35H64O3. The first-order valence-corrected chi connectivity index (χ1v) is 15.8. The molecule has 1 aromatic rings. The summed E-state index contributed by atoms with van der Waals surface area (Å²) < 4.78 is 4.92. The number of rotatable bonds is 17. The van der Waals surface area contributed by atoms with Crippen LogP contribution in [0.1, 0.15) is 175 Å². The number of esters is 1. The Hall–Kier alpha value is -1.51. The maximum Gasteiger partial charge on any atom is 0.302 e. The number of hydrogen-bond acceptors (Lipinski definition) is 3. The Balaban J connectivity index is 0.000000755. The SMILES string of the molecule is CCCCCCCCCCCCCCCCCCOC(C)=O.Cc1cc(C(C)(C)C)c(O)c(C(C)(C)C)c1. The number of hydrogen-bond donors (Lipinski definition) is 1. The van der Waals surface area contributed by atoms with Crippen molar-refractivity contribution < 1.29 is 14.6 Å². The zero-order valence-corrected chi connectivity index (χ0v) is 26.9. The molecule has 3 heteroatoms. The molecule has 0 bridgehead atoms. The molecule has 0 aromatic heterocycles. The van der Waals surface area contributed by atoms with E-state index in [2.05, 4.69) is 67.5 Å². The second kappa shape index (κ2) is 20.4. The summed E-state index contributed by atoms with van der Waals surface area (Å²) >= 11 is 0. The van der Waals surface area contributed by atoms with E-state index in [1.54, 1.807) is 0 Å². The van der Waals surface area contributed by atoms with Crippen molar-refractivity contribution in [2.75, 3.05) is 6.61 Å². The topological polar surface area (TPSA) is 46.5 Å². The summed E-state index contributed by atoms with van der Waals surface area (Å²) in [6.45, 7) is 19.2. The lowest BCUT2D eigenvalue weighted by atomic mass is 9.78. The summed E-state index contributed by atoms with van der Waals surface area (Å²) in [5.41, 5.74) is 3.26. The molecule has 0 radical (unpaired) electrons. The van der Waals surface area contributed by atoms with Crippen molar-refractivity contribution >= 4 is 5.97 Å². The van der Waals surface area contributed by atoms with Crippen LogP contribution in [0, 0.1) is 6.92 Å². The highest BCUT2D eigenvalue weighted by molar-refractivity contribution is 5.65. The lowest BCUT2D eigenvalue weighted by Crippen LogP contribution is -2.17. The molecule has 0 saturated carbocycles. The van der Waals surface area contributed by atoms with E-state index in [1.807, 2.05) is 0 Å². The van der Waals surface area contributed by atoms with Gasteiger partial charge in [-0.05, 0) is 35.3 Å². The van der Waals surface area contributed by atoms with Crippen LogP contribution in [-0.4, -0.2) is 17.7 Å². The highest BCUT2D eigenvalue weighted by Crippen LogP contribution is 2.39. The third kappa shape index (κ3) is 18.7. The second-order valence-corrected chi connectivity index (χ2v) is 13.4. The van der Waals surface area contributed by atoms with Crippen LogP contribution in [0.3, 0.4) is 0 Å². The van der Waals surface area contributed by atoms with Gasteiger partial charge >= 0.3 is 5.97 Å². The van der Waals surface area contributed by atoms with E-state index in [9.17, 15) is 9.90 Å². The van der Waals surface area contributed by atoms with E-state index in [0.29, 0.717) is 12.4 Å². The van der Waals surface area contributed by atoms with Gasteiger partial charge in [-0.2, -0.15) is 0 Å². The standard InChI is InChI=1S/C20H40O2.C15H24O/c1-3-4-5-6-7-8-9-10-11-12-13-14-15-16-17-18-19-22-20(2)21;1-10-8-11(14(2,3)4)13(16)12(9-10)15(5,6)7/h3-19H2,1-2H3;8-9,16H,1-7H3. The Bertz CT molecular complexity index is 702. The monoisotopic (exact) mass is 532 g/mol. The molecular weight excluding hydrogens is 468 g/mol. The molecule has 0 spiro atoms. The van der Waals surface area contributed by atoms with Crippen molar-refractivity contribution in [2.24, 2.45) is 0 Å². The fourth-order valence-electron chi connectivity index (χ4n) is 4.79. The molecule has 1 rings (SSSR count). The molecule has 38 heavy (non-hydrogen) atoms. The zero-order chi connectivity index (χ0) is 29.0. The molecule has 0 aliphatic rings. The molecule has 0 atom stereocenters. The summed E-state index contributed by atoms with van der Waals surface area (Å²) in [5.74, 6) is 0.312. The van der Waals surface area contributed by atoms with E-state index >= 15 is 0 Å². The maximum atomic E-state index is 10.6. The number of carbonyl (C=O) groups is 1. The summed E-state index contributed by atoms with van der Waals surface area (Å²) in [5, 5.41) is 10.4. The molecule has 0 aliphatic heterocycles. The Labute approximate surface area is 237 Å². The van der Waals surface area contributed by atoms with Crippen molar-refractivity contribution in [2.45, 2.75) is 176 Å². The largest absolute Gasteiger partial charge is 0.507 e. The van der Waals surface area contributed by atoms with Crippen LogP contribution in [-0.2, 0) is 20.4 Å². The Morgan fingerprint density at radius 1 is 0.658 bits per heavy atom. The van der Waals surface area contributed by atoms with Gasteiger partial charge in [-0.1, -0.05) is 162 Å². The minimum atomic E-state index is -0.152. The molecule has 1 N–H and O–H groups in total. The van der Waals surface area contributed by atoms with Gasteiger partial charge in [0, 0.05) is 6.92 Å². The van der Waals surface area contributed by atoms with Gasteiger partial charge in [-0.3, -0.25) is 4.79 Å². The Morgan fingerprint density at radius 2 is 0.974 bits per heavy atom. The van der Waals surface area contributed by atoms with Crippen molar-refractivity contribution in [3.8, 4) is 5.75 Å². The minimum Gasteiger partial charge on any atom is -0.507 e. The molecule has 0 aliphatic carbocycles. The van der Waals surface area contributed by atoms with E-state index in [-0.39, 0.29) is 16.8 Å². The fraction of sp³-hybridized carbons (Fsp3) is 0.800. The number of aryl methyl sites for hydroxylation is 1. The number of phenolic OH excluding ortho intramolecular Hbond substituents is 1. The molecule has 0 unspecified atom stereocenters. The summed E-state index contributed by atoms with van der Waals surface area (Å²) in [6, 6.07) is 4.18. The lowest BCUT2D eigenvalue weighted by Gasteiger charge is -2.27. The molecule has 0 saturated heterocycles. The average molecular weight is 533 g/mol. The van der Waals surface area contributed by atoms with Gasteiger partial charge in [0.25, 0.3) is 0 Å². The molecule has 0 heterocycles. The van der Waals surface area contributed by atoms with Crippen LogP contribution < -0.4 is 0 Å². The number of unbranched alkanes of at least 4 members (excludes halogenated alkanes) is 15. The first-order chi connectivity index (χ1) is 17.8. The summed E-state index contributed by atoms with van der Waals surface area (Å²) in [7, 11) is 0. The molecule has 3 nitrogen and oxygen atoms in total. The van der Waals surface area contributed by atoms with E-state index in [4.69, 9.17) is 4.74 Å². The van der Waals surface area contributed by atoms with Gasteiger partial charge in [0.15, 0.2) is 0 Å². The van der Waals surface area contributed by atoms with Crippen LogP contribution in [0.15, 0.2) is 12.1 Å². The smallest absolute Gasteiger partial charge is 0.302 e. The van der Waals surface area contributed by atoms with Gasteiger partial charge in [0.2, 0.25) is 0 Å². The molecule has 0 amide bonds. The van der Waals surface area contributed by atoms with Crippen LogP contribution >= 0.6 is 0 Å².